The third-order valence-corrected chi connectivity index (χ3v) is 5.19. The van der Waals surface area contributed by atoms with E-state index in [0.29, 0.717) is 13.1 Å². The molecule has 1 fully saturated rings. The molecule has 1 saturated heterocycles. The number of para-hydroxylation sites is 1. The average Bonchev–Trinajstić information content (AvgIpc) is 2.68. The zero-order valence-corrected chi connectivity index (χ0v) is 17.8. The molecule has 0 bridgehead atoms. The molecule has 0 aromatic heterocycles. The van der Waals surface area contributed by atoms with Crippen molar-refractivity contribution < 1.29 is 9.53 Å². The molecule has 0 radical (unpaired) electrons. The number of piperazine rings is 1. The minimum atomic E-state index is 0. The Morgan fingerprint density at radius 2 is 2.07 bits per heavy atom. The van der Waals surface area contributed by atoms with E-state index in [0.717, 1.165) is 41.5 Å². The van der Waals surface area contributed by atoms with Gasteiger partial charge in [0.05, 0.1) is 13.7 Å². The van der Waals surface area contributed by atoms with Gasteiger partial charge in [0.1, 0.15) is 5.75 Å². The smallest absolute Gasteiger partial charge is 0.236 e. The number of halogens is 2. The van der Waals surface area contributed by atoms with Gasteiger partial charge in [-0.2, -0.15) is 0 Å². The number of amides is 1. The van der Waals surface area contributed by atoms with E-state index in [2.05, 4.69) is 16.3 Å². The minimum absolute atomic E-state index is 0. The zero-order valence-electron chi connectivity index (χ0n) is 16.2. The van der Waals surface area contributed by atoms with E-state index in [-0.39, 0.29) is 24.4 Å². The van der Waals surface area contributed by atoms with Crippen LogP contribution in [-0.4, -0.2) is 56.0 Å². The van der Waals surface area contributed by atoms with Crippen LogP contribution < -0.4 is 10.1 Å². The fourth-order valence-electron chi connectivity index (χ4n) is 3.45. The number of ether oxygens (including phenoxy) is 1. The lowest BCUT2D eigenvalue weighted by Gasteiger charge is -2.37. The van der Waals surface area contributed by atoms with Gasteiger partial charge in [-0.05, 0) is 23.8 Å². The molecule has 1 unspecified atom stereocenters. The Kier molecular flexibility index (Phi) is 8.58. The van der Waals surface area contributed by atoms with Crippen molar-refractivity contribution in [3.8, 4) is 5.75 Å². The van der Waals surface area contributed by atoms with Crippen LogP contribution in [0.2, 0.25) is 5.02 Å². The molecule has 1 aliphatic heterocycles. The molecule has 1 amide bonds. The van der Waals surface area contributed by atoms with Crippen molar-refractivity contribution in [2.45, 2.75) is 12.6 Å². The molecule has 5 nitrogen and oxygen atoms in total. The van der Waals surface area contributed by atoms with Crippen molar-refractivity contribution in [1.29, 1.82) is 0 Å². The Hall–Kier alpha value is -1.79. The van der Waals surface area contributed by atoms with E-state index in [9.17, 15) is 4.79 Å². The summed E-state index contributed by atoms with van der Waals surface area (Å²) < 4.78 is 5.39. The van der Waals surface area contributed by atoms with E-state index in [1.54, 1.807) is 12.0 Å². The number of methoxy groups -OCH3 is 1. The summed E-state index contributed by atoms with van der Waals surface area (Å²) in [6.07, 6.45) is 0. The molecule has 0 spiro atoms. The van der Waals surface area contributed by atoms with Crippen molar-refractivity contribution in [1.82, 2.24) is 15.1 Å². The third kappa shape index (κ3) is 5.61. The molecule has 1 N–H and O–H groups in total. The van der Waals surface area contributed by atoms with Gasteiger partial charge in [-0.1, -0.05) is 41.9 Å². The van der Waals surface area contributed by atoms with Crippen molar-refractivity contribution in [2.75, 3.05) is 40.3 Å². The van der Waals surface area contributed by atoms with Crippen LogP contribution in [0.15, 0.2) is 48.5 Å². The van der Waals surface area contributed by atoms with E-state index < -0.39 is 0 Å². The minimum Gasteiger partial charge on any atom is -0.496 e. The highest BCUT2D eigenvalue weighted by Crippen LogP contribution is 2.25. The van der Waals surface area contributed by atoms with Crippen molar-refractivity contribution >= 4 is 29.9 Å². The van der Waals surface area contributed by atoms with Gasteiger partial charge in [0.25, 0.3) is 0 Å². The summed E-state index contributed by atoms with van der Waals surface area (Å²) in [5.74, 6) is 0.894. The first kappa shape index (κ1) is 22.5. The van der Waals surface area contributed by atoms with Gasteiger partial charge in [0.2, 0.25) is 5.91 Å². The van der Waals surface area contributed by atoms with Crippen LogP contribution in [0.25, 0.3) is 0 Å². The molecule has 28 heavy (non-hydrogen) atoms. The predicted molar refractivity (Wildman–Crippen MR) is 115 cm³/mol. The Morgan fingerprint density at radius 1 is 1.29 bits per heavy atom. The van der Waals surface area contributed by atoms with E-state index >= 15 is 0 Å². The Bertz CT molecular complexity index is 788. The van der Waals surface area contributed by atoms with E-state index in [4.69, 9.17) is 16.3 Å². The van der Waals surface area contributed by atoms with Crippen LogP contribution in [0.4, 0.5) is 0 Å². The maximum absolute atomic E-state index is 12.9. The largest absolute Gasteiger partial charge is 0.496 e. The molecule has 0 aliphatic carbocycles. The molecular formula is C21H27Cl2N3O2. The fourth-order valence-corrected chi connectivity index (χ4v) is 3.65. The maximum atomic E-state index is 12.9. The summed E-state index contributed by atoms with van der Waals surface area (Å²) in [6, 6.07) is 15.8. The second kappa shape index (κ2) is 10.7. The lowest BCUT2D eigenvalue weighted by Crippen LogP contribution is -2.49. The lowest BCUT2D eigenvalue weighted by atomic mass is 10.0. The first-order valence-electron chi connectivity index (χ1n) is 9.14. The second-order valence-corrected chi connectivity index (χ2v) is 7.24. The van der Waals surface area contributed by atoms with Gasteiger partial charge in [-0.15, -0.1) is 12.4 Å². The van der Waals surface area contributed by atoms with E-state index in [1.165, 1.54) is 0 Å². The molecule has 152 valence electrons. The molecular weight excluding hydrogens is 397 g/mol. The Morgan fingerprint density at radius 3 is 2.82 bits per heavy atom. The van der Waals surface area contributed by atoms with Crippen LogP contribution in [0, 0.1) is 0 Å². The number of nitrogens with zero attached hydrogens (tertiary/aromatic N) is 2. The number of likely N-dealkylation sites (N-methyl/N-ethyl adjacent to an activating group) is 1. The average molecular weight is 424 g/mol. The van der Waals surface area contributed by atoms with Gasteiger partial charge in [0.15, 0.2) is 0 Å². The van der Waals surface area contributed by atoms with Crippen LogP contribution in [-0.2, 0) is 11.3 Å². The lowest BCUT2D eigenvalue weighted by molar-refractivity contribution is -0.132. The summed E-state index contributed by atoms with van der Waals surface area (Å²) in [4.78, 5) is 16.8. The topological polar surface area (TPSA) is 44.8 Å². The van der Waals surface area contributed by atoms with Crippen molar-refractivity contribution in [2.24, 2.45) is 0 Å². The molecule has 7 heteroatoms. The summed E-state index contributed by atoms with van der Waals surface area (Å²) in [5.41, 5.74) is 2.14. The summed E-state index contributed by atoms with van der Waals surface area (Å²) in [6.45, 7) is 3.41. The van der Waals surface area contributed by atoms with Gasteiger partial charge in [0, 0.05) is 49.9 Å². The van der Waals surface area contributed by atoms with Crippen LogP contribution in [0.3, 0.4) is 0 Å². The highest BCUT2D eigenvalue weighted by molar-refractivity contribution is 6.30. The zero-order chi connectivity index (χ0) is 19.2. The Balaban J connectivity index is 0.00000280. The molecule has 2 aromatic rings. The highest BCUT2D eigenvalue weighted by atomic mass is 35.5. The fraction of sp³-hybridized carbons (Fsp3) is 0.381. The predicted octanol–water partition coefficient (Wildman–Crippen LogP) is 3.38. The normalized spacial score (nSPS) is 16.9. The number of carbonyl (C=O) groups is 1. The first-order chi connectivity index (χ1) is 13.1. The summed E-state index contributed by atoms with van der Waals surface area (Å²) in [5, 5.41) is 4.13. The van der Waals surface area contributed by atoms with Crippen LogP contribution in [0.5, 0.6) is 5.75 Å². The Labute approximate surface area is 178 Å². The number of nitrogens with one attached hydrogen (secondary N) is 1. The summed E-state index contributed by atoms with van der Waals surface area (Å²) in [7, 11) is 3.49. The first-order valence-corrected chi connectivity index (χ1v) is 9.52. The monoisotopic (exact) mass is 423 g/mol. The second-order valence-electron chi connectivity index (χ2n) is 6.81. The standard InChI is InChI=1S/C21H26ClN3O2.ClH/c1-24(14-17-6-3-4-9-20(17)27-2)21(26)15-25-11-10-23-13-19(25)16-7-5-8-18(22)12-16;/h3-9,12,19,23H,10-11,13-15H2,1-2H3;1H. The number of carbonyl (C=O) groups excluding carboxylic acids is 1. The molecule has 1 atom stereocenters. The van der Waals surface area contributed by atoms with Crippen molar-refractivity contribution in [3.63, 3.8) is 0 Å². The van der Waals surface area contributed by atoms with Crippen molar-refractivity contribution in [3.05, 3.63) is 64.7 Å². The van der Waals surface area contributed by atoms with Crippen LogP contribution >= 0.6 is 24.0 Å². The molecule has 1 heterocycles. The third-order valence-electron chi connectivity index (χ3n) is 4.95. The number of hydrogen-bond acceptors (Lipinski definition) is 4. The van der Waals surface area contributed by atoms with Gasteiger partial charge >= 0.3 is 0 Å². The SMILES string of the molecule is COc1ccccc1CN(C)C(=O)CN1CCNCC1c1cccc(Cl)c1.Cl. The summed E-state index contributed by atoms with van der Waals surface area (Å²) >= 11 is 6.16. The maximum Gasteiger partial charge on any atom is 0.236 e. The quantitative estimate of drug-likeness (QED) is 0.773. The van der Waals surface area contributed by atoms with Gasteiger partial charge in [-0.3, -0.25) is 9.69 Å². The van der Waals surface area contributed by atoms with Gasteiger partial charge in [-0.25, -0.2) is 0 Å². The van der Waals surface area contributed by atoms with E-state index in [1.807, 2.05) is 49.5 Å². The van der Waals surface area contributed by atoms with Gasteiger partial charge < -0.3 is 15.0 Å². The van der Waals surface area contributed by atoms with Crippen LogP contribution in [0.1, 0.15) is 17.2 Å². The molecule has 2 aromatic carbocycles. The number of rotatable bonds is 6. The number of hydrogen-bond donors (Lipinski definition) is 1. The molecule has 3 rings (SSSR count). The molecule has 1 aliphatic rings. The highest BCUT2D eigenvalue weighted by Gasteiger charge is 2.26. The molecule has 0 saturated carbocycles. The number of benzene rings is 2.